The predicted octanol–water partition coefficient (Wildman–Crippen LogP) is 17.7. The maximum Gasteiger partial charge on any atom is 0.146 e. The van der Waals surface area contributed by atoms with Crippen molar-refractivity contribution in [3.05, 3.63) is 243 Å². The van der Waals surface area contributed by atoms with Gasteiger partial charge in [0.1, 0.15) is 5.65 Å². The normalized spacial score (nSPS) is 11.9. The Morgan fingerprint density at radius 1 is 0.239 bits per heavy atom. The highest BCUT2D eigenvalue weighted by Crippen LogP contribution is 2.46. The predicted molar refractivity (Wildman–Crippen MR) is 285 cm³/mol. The smallest absolute Gasteiger partial charge is 0.146 e. The molecule has 2 aromatic heterocycles. The molecular formula is C65H40N2. The van der Waals surface area contributed by atoms with Crippen molar-refractivity contribution in [1.82, 2.24) is 9.38 Å². The summed E-state index contributed by atoms with van der Waals surface area (Å²) in [6.45, 7) is 0. The molecule has 0 bridgehead atoms. The SMILES string of the molecule is c1cc(-c2ccc3c(-c4ccc(-c5ccc6ccccc6c5)cc4)c4ccccc4c(-c4ccc5ccccc5c4)c3c2)cc(-c2ccc3c(c2)c2ccccc2n2c4ccccc4nc32)c1. The quantitative estimate of drug-likeness (QED) is 0.125. The van der Waals surface area contributed by atoms with Gasteiger partial charge in [-0.25, -0.2) is 4.98 Å². The maximum absolute atomic E-state index is 5.15. The summed E-state index contributed by atoms with van der Waals surface area (Å²) in [6, 6.07) is 89.3. The van der Waals surface area contributed by atoms with E-state index in [1.807, 2.05) is 0 Å². The zero-order valence-electron chi connectivity index (χ0n) is 36.5. The summed E-state index contributed by atoms with van der Waals surface area (Å²) >= 11 is 0. The van der Waals surface area contributed by atoms with Crippen LogP contribution in [0.25, 0.3) is 137 Å². The molecule has 0 aliphatic heterocycles. The summed E-state index contributed by atoms with van der Waals surface area (Å²) in [6.07, 6.45) is 0. The van der Waals surface area contributed by atoms with E-state index in [9.17, 15) is 0 Å². The molecule has 0 N–H and O–H groups in total. The van der Waals surface area contributed by atoms with E-state index in [4.69, 9.17) is 4.98 Å². The summed E-state index contributed by atoms with van der Waals surface area (Å²) in [5.74, 6) is 0. The molecule has 0 fully saturated rings. The monoisotopic (exact) mass is 848 g/mol. The van der Waals surface area contributed by atoms with Crippen molar-refractivity contribution < 1.29 is 0 Å². The maximum atomic E-state index is 5.15. The molecule has 0 unspecified atom stereocenters. The van der Waals surface area contributed by atoms with E-state index in [0.717, 1.165) is 27.6 Å². The van der Waals surface area contributed by atoms with Crippen LogP contribution < -0.4 is 0 Å². The van der Waals surface area contributed by atoms with Gasteiger partial charge in [-0.15, -0.1) is 0 Å². The molecule has 14 rings (SSSR count). The minimum Gasteiger partial charge on any atom is -0.292 e. The summed E-state index contributed by atoms with van der Waals surface area (Å²) < 4.78 is 2.31. The minimum absolute atomic E-state index is 0.987. The van der Waals surface area contributed by atoms with E-state index in [1.54, 1.807) is 0 Å². The Morgan fingerprint density at radius 2 is 0.701 bits per heavy atom. The van der Waals surface area contributed by atoms with Gasteiger partial charge in [-0.2, -0.15) is 0 Å². The van der Waals surface area contributed by atoms with Crippen molar-refractivity contribution in [2.75, 3.05) is 0 Å². The fourth-order valence-electron chi connectivity index (χ4n) is 10.9. The Bertz CT molecular complexity index is 4330. The highest BCUT2D eigenvalue weighted by molar-refractivity contribution is 6.22. The lowest BCUT2D eigenvalue weighted by molar-refractivity contribution is 1.31. The molecule has 0 spiro atoms. The number of imidazole rings is 1. The third-order valence-electron chi connectivity index (χ3n) is 14.1. The second kappa shape index (κ2) is 14.9. The second-order valence-corrected chi connectivity index (χ2v) is 17.9. The largest absolute Gasteiger partial charge is 0.292 e. The number of hydrogen-bond acceptors (Lipinski definition) is 1. The number of hydrogen-bond donors (Lipinski definition) is 0. The fourth-order valence-corrected chi connectivity index (χ4v) is 10.9. The molecule has 0 radical (unpaired) electrons. The summed E-state index contributed by atoms with van der Waals surface area (Å²) in [5.41, 5.74) is 16.4. The molecule has 2 heterocycles. The number of aromatic nitrogens is 2. The number of rotatable bonds is 5. The minimum atomic E-state index is 0.987. The zero-order valence-corrected chi connectivity index (χ0v) is 36.5. The van der Waals surface area contributed by atoms with Crippen LogP contribution in [0.3, 0.4) is 0 Å². The van der Waals surface area contributed by atoms with Gasteiger partial charge in [-0.1, -0.05) is 188 Å². The van der Waals surface area contributed by atoms with Crippen LogP contribution >= 0.6 is 0 Å². The summed E-state index contributed by atoms with van der Waals surface area (Å²) in [5, 5.41) is 13.5. The van der Waals surface area contributed by atoms with Crippen LogP contribution in [0.2, 0.25) is 0 Å². The van der Waals surface area contributed by atoms with E-state index in [1.165, 1.54) is 109 Å². The van der Waals surface area contributed by atoms with Gasteiger partial charge in [0, 0.05) is 10.8 Å². The van der Waals surface area contributed by atoms with Crippen LogP contribution in [0.15, 0.2) is 243 Å². The van der Waals surface area contributed by atoms with Gasteiger partial charge >= 0.3 is 0 Å². The third-order valence-corrected chi connectivity index (χ3v) is 14.1. The Morgan fingerprint density at radius 3 is 1.42 bits per heavy atom. The number of benzene rings is 12. The summed E-state index contributed by atoms with van der Waals surface area (Å²) in [7, 11) is 0. The van der Waals surface area contributed by atoms with E-state index < -0.39 is 0 Å². The van der Waals surface area contributed by atoms with Crippen LogP contribution in [0.1, 0.15) is 0 Å². The van der Waals surface area contributed by atoms with Gasteiger partial charge in [0.15, 0.2) is 0 Å². The molecule has 0 saturated carbocycles. The first-order chi connectivity index (χ1) is 33.2. The molecule has 2 heteroatoms. The number of pyridine rings is 1. The highest BCUT2D eigenvalue weighted by Gasteiger charge is 2.19. The molecular weight excluding hydrogens is 809 g/mol. The fraction of sp³-hybridized carbons (Fsp3) is 0. The van der Waals surface area contributed by atoms with Crippen LogP contribution in [0.5, 0.6) is 0 Å². The topological polar surface area (TPSA) is 17.3 Å². The average Bonchev–Trinajstić information content (AvgIpc) is 3.80. The van der Waals surface area contributed by atoms with Gasteiger partial charge in [-0.05, 0) is 159 Å². The number of para-hydroxylation sites is 3. The lowest BCUT2D eigenvalue weighted by atomic mass is 9.84. The first-order valence-electron chi connectivity index (χ1n) is 23.1. The van der Waals surface area contributed by atoms with Crippen molar-refractivity contribution in [3.63, 3.8) is 0 Å². The zero-order chi connectivity index (χ0) is 44.0. The van der Waals surface area contributed by atoms with Crippen molar-refractivity contribution in [2.45, 2.75) is 0 Å². The van der Waals surface area contributed by atoms with Crippen molar-refractivity contribution in [1.29, 1.82) is 0 Å². The van der Waals surface area contributed by atoms with E-state index in [0.29, 0.717) is 0 Å². The lowest BCUT2D eigenvalue weighted by Gasteiger charge is -2.19. The van der Waals surface area contributed by atoms with Gasteiger partial charge in [0.05, 0.1) is 16.6 Å². The van der Waals surface area contributed by atoms with Gasteiger partial charge in [0.25, 0.3) is 0 Å². The lowest BCUT2D eigenvalue weighted by Crippen LogP contribution is -1.92. The number of fused-ring (bicyclic) bond motifs is 12. The first kappa shape index (κ1) is 37.5. The van der Waals surface area contributed by atoms with Gasteiger partial charge in [0.2, 0.25) is 0 Å². The molecule has 0 atom stereocenters. The highest BCUT2D eigenvalue weighted by atomic mass is 15.0. The Balaban J connectivity index is 0.945. The second-order valence-electron chi connectivity index (χ2n) is 17.9. The van der Waals surface area contributed by atoms with Gasteiger partial charge in [-0.3, -0.25) is 4.40 Å². The van der Waals surface area contributed by atoms with E-state index in [2.05, 4.69) is 247 Å². The molecule has 0 amide bonds. The third kappa shape index (κ3) is 6.00. The van der Waals surface area contributed by atoms with Crippen molar-refractivity contribution >= 4 is 81.4 Å². The molecule has 0 saturated heterocycles. The molecule has 310 valence electrons. The van der Waals surface area contributed by atoms with Gasteiger partial charge < -0.3 is 0 Å². The Labute approximate surface area is 387 Å². The van der Waals surface area contributed by atoms with Crippen LogP contribution in [0.4, 0.5) is 0 Å². The molecule has 0 aliphatic rings. The van der Waals surface area contributed by atoms with Crippen molar-refractivity contribution in [2.24, 2.45) is 0 Å². The molecule has 0 aliphatic carbocycles. The van der Waals surface area contributed by atoms with E-state index in [-0.39, 0.29) is 0 Å². The van der Waals surface area contributed by atoms with Crippen LogP contribution in [-0.2, 0) is 0 Å². The molecule has 2 nitrogen and oxygen atoms in total. The Kier molecular flexibility index (Phi) is 8.32. The Hall–Kier alpha value is -8.85. The first-order valence-corrected chi connectivity index (χ1v) is 23.1. The standard InChI is InChI=1S/C65H40N2/c1-3-14-45-36-49(30-26-41(45)12-1)43-24-28-44(29-25-43)63-54-19-5-6-20-55(54)64(52-31-27-42-13-2-4-15-46(42)38-52)59-40-51(32-34-56(59)63)48-17-11-16-47(37-48)50-33-35-57-58(39-50)53-18-7-9-22-61(53)67-62-23-10-8-21-60(62)66-65(57)67/h1-40H. The van der Waals surface area contributed by atoms with Crippen LogP contribution in [0, 0.1) is 0 Å². The van der Waals surface area contributed by atoms with E-state index >= 15 is 0 Å². The molecule has 14 aromatic rings. The van der Waals surface area contributed by atoms with Crippen LogP contribution in [-0.4, -0.2) is 9.38 Å². The molecule has 12 aromatic carbocycles. The van der Waals surface area contributed by atoms with Crippen molar-refractivity contribution in [3.8, 4) is 55.6 Å². The molecule has 67 heavy (non-hydrogen) atoms. The summed E-state index contributed by atoms with van der Waals surface area (Å²) in [4.78, 5) is 5.15. The average molecular weight is 849 g/mol. The number of nitrogens with zero attached hydrogens (tertiary/aromatic N) is 2.